The normalized spacial score (nSPS) is 20.7. The van der Waals surface area contributed by atoms with Crippen molar-refractivity contribution in [1.29, 1.82) is 0 Å². The van der Waals surface area contributed by atoms with Crippen molar-refractivity contribution < 1.29 is 9.50 Å². The van der Waals surface area contributed by atoms with Crippen molar-refractivity contribution in [1.82, 2.24) is 19.7 Å². The molecule has 3 aromatic heterocycles. The summed E-state index contributed by atoms with van der Waals surface area (Å²) in [5, 5.41) is 15.6. The summed E-state index contributed by atoms with van der Waals surface area (Å²) in [6.45, 7) is 1.14. The summed E-state index contributed by atoms with van der Waals surface area (Å²) in [6, 6.07) is 9.12. The lowest BCUT2D eigenvalue weighted by Gasteiger charge is -2.27. The van der Waals surface area contributed by atoms with E-state index in [-0.39, 0.29) is 12.6 Å². The predicted octanol–water partition coefficient (Wildman–Crippen LogP) is 2.00. The Morgan fingerprint density at radius 1 is 1.32 bits per heavy atom. The fourth-order valence-electron chi connectivity index (χ4n) is 3.14. The lowest BCUT2D eigenvalue weighted by molar-refractivity contribution is 0.244. The third kappa shape index (κ3) is 3.20. The second kappa shape index (κ2) is 6.78. The van der Waals surface area contributed by atoms with E-state index >= 15 is 0 Å². The van der Waals surface area contributed by atoms with Crippen LogP contribution in [0.2, 0.25) is 0 Å². The Bertz CT molecular complexity index is 881. The maximum atomic E-state index is 14.0. The molecule has 1 aliphatic heterocycles. The van der Waals surface area contributed by atoms with Crippen molar-refractivity contribution in [2.24, 2.45) is 0 Å². The van der Waals surface area contributed by atoms with E-state index < -0.39 is 6.17 Å². The van der Waals surface area contributed by atoms with Gasteiger partial charge < -0.3 is 15.7 Å². The minimum atomic E-state index is -0.929. The molecule has 4 rings (SSSR count). The summed E-state index contributed by atoms with van der Waals surface area (Å²) in [4.78, 5) is 9.01. The molecule has 0 amide bonds. The summed E-state index contributed by atoms with van der Waals surface area (Å²) in [5.74, 6) is 0.653. The van der Waals surface area contributed by atoms with E-state index in [2.05, 4.69) is 20.6 Å². The van der Waals surface area contributed by atoms with Crippen molar-refractivity contribution in [2.45, 2.75) is 25.2 Å². The molecule has 1 fully saturated rings. The number of hydrogen-bond acceptors (Lipinski definition) is 5. The van der Waals surface area contributed by atoms with Crippen LogP contribution in [0.3, 0.4) is 0 Å². The molecule has 0 spiro atoms. The zero-order valence-electron chi connectivity index (χ0n) is 13.7. The smallest absolute Gasteiger partial charge is 0.137 e. The number of fused-ring (bicyclic) bond motifs is 1. The molecule has 4 heterocycles. The van der Waals surface area contributed by atoms with Crippen molar-refractivity contribution in [3.8, 4) is 11.4 Å². The average Bonchev–Trinajstić information content (AvgIpc) is 3.07. The fraction of sp³-hybridized carbons (Fsp3) is 0.333. The van der Waals surface area contributed by atoms with Crippen LogP contribution in [-0.4, -0.2) is 44.8 Å². The molecule has 130 valence electrons. The van der Waals surface area contributed by atoms with Gasteiger partial charge in [0.2, 0.25) is 0 Å². The number of aliphatic hydroxyl groups excluding tert-OH is 1. The van der Waals surface area contributed by atoms with Crippen molar-refractivity contribution >= 4 is 11.5 Å². The van der Waals surface area contributed by atoms with E-state index in [1.807, 2.05) is 40.9 Å². The highest BCUT2D eigenvalue weighted by Crippen LogP contribution is 2.22. The van der Waals surface area contributed by atoms with Crippen LogP contribution < -0.4 is 10.6 Å². The van der Waals surface area contributed by atoms with E-state index in [0.717, 1.165) is 35.6 Å². The van der Waals surface area contributed by atoms with Crippen LogP contribution in [0.1, 0.15) is 12.0 Å². The van der Waals surface area contributed by atoms with Gasteiger partial charge in [0, 0.05) is 12.7 Å². The standard InChI is InChI=1S/C18H20FN5O/c19-13-8-20-7-6-14(13)22-17-3-1-2-15(23-17)16-9-21-18-5-4-12(11-25)10-24(16)18/h1-5,9-10,13-14,20,25H,6-8,11H2,(H,22,23)/t13-,14-/m0/s1. The number of anilines is 1. The number of imidazole rings is 1. The zero-order valence-corrected chi connectivity index (χ0v) is 13.7. The van der Waals surface area contributed by atoms with Gasteiger partial charge in [0.25, 0.3) is 0 Å². The Labute approximate surface area is 144 Å². The maximum absolute atomic E-state index is 14.0. The number of pyridine rings is 2. The number of aliphatic hydroxyl groups is 1. The Morgan fingerprint density at radius 2 is 2.24 bits per heavy atom. The molecule has 1 aliphatic rings. The van der Waals surface area contributed by atoms with Gasteiger partial charge in [-0.25, -0.2) is 14.4 Å². The van der Waals surface area contributed by atoms with Gasteiger partial charge in [0.15, 0.2) is 0 Å². The zero-order chi connectivity index (χ0) is 17.2. The van der Waals surface area contributed by atoms with Crippen molar-refractivity contribution in [3.05, 3.63) is 48.3 Å². The molecule has 0 bridgehead atoms. The van der Waals surface area contributed by atoms with E-state index in [1.54, 1.807) is 6.20 Å². The van der Waals surface area contributed by atoms with Gasteiger partial charge in [0.05, 0.1) is 30.2 Å². The van der Waals surface area contributed by atoms with Crippen LogP contribution >= 0.6 is 0 Å². The molecule has 7 heteroatoms. The summed E-state index contributed by atoms with van der Waals surface area (Å²) in [7, 11) is 0. The fourth-order valence-corrected chi connectivity index (χ4v) is 3.14. The highest BCUT2D eigenvalue weighted by atomic mass is 19.1. The van der Waals surface area contributed by atoms with E-state index in [1.165, 1.54) is 0 Å². The SMILES string of the molecule is OCc1ccc2ncc(-c3cccc(N[C@H]4CCNC[C@@H]4F)n3)n2c1. The Hall–Kier alpha value is -2.51. The maximum Gasteiger partial charge on any atom is 0.137 e. The van der Waals surface area contributed by atoms with Gasteiger partial charge in [-0.1, -0.05) is 12.1 Å². The molecule has 1 saturated heterocycles. The first-order chi connectivity index (χ1) is 12.2. The van der Waals surface area contributed by atoms with Gasteiger partial charge in [-0.2, -0.15) is 0 Å². The molecule has 3 N–H and O–H groups in total. The number of rotatable bonds is 4. The molecule has 6 nitrogen and oxygen atoms in total. The number of nitrogens with zero attached hydrogens (tertiary/aromatic N) is 3. The summed E-state index contributed by atoms with van der Waals surface area (Å²) < 4.78 is 15.9. The molecular weight excluding hydrogens is 321 g/mol. The molecule has 3 aromatic rings. The summed E-state index contributed by atoms with van der Waals surface area (Å²) >= 11 is 0. The minimum absolute atomic E-state index is 0.0316. The lowest BCUT2D eigenvalue weighted by atomic mass is 10.1. The van der Waals surface area contributed by atoms with Gasteiger partial charge in [-0.3, -0.25) is 4.40 Å². The highest BCUT2D eigenvalue weighted by molar-refractivity contribution is 5.62. The van der Waals surface area contributed by atoms with E-state index in [9.17, 15) is 9.50 Å². The second-order valence-electron chi connectivity index (χ2n) is 6.23. The summed E-state index contributed by atoms with van der Waals surface area (Å²) in [6.07, 6.45) is 3.40. The quantitative estimate of drug-likeness (QED) is 0.677. The number of piperidine rings is 1. The number of halogens is 1. The van der Waals surface area contributed by atoms with Crippen LogP contribution in [0.25, 0.3) is 17.0 Å². The average molecular weight is 341 g/mol. The first-order valence-electron chi connectivity index (χ1n) is 8.40. The van der Waals surface area contributed by atoms with E-state index in [0.29, 0.717) is 12.4 Å². The largest absolute Gasteiger partial charge is 0.392 e. The van der Waals surface area contributed by atoms with Crippen LogP contribution in [0.5, 0.6) is 0 Å². The number of aromatic nitrogens is 3. The van der Waals surface area contributed by atoms with Gasteiger partial charge in [-0.05, 0) is 36.7 Å². The second-order valence-corrected chi connectivity index (χ2v) is 6.23. The highest BCUT2D eigenvalue weighted by Gasteiger charge is 2.24. The lowest BCUT2D eigenvalue weighted by Crippen LogP contribution is -2.45. The number of alkyl halides is 1. The summed E-state index contributed by atoms with van der Waals surface area (Å²) in [5.41, 5.74) is 3.17. The first-order valence-corrected chi connectivity index (χ1v) is 8.40. The van der Waals surface area contributed by atoms with Crippen molar-refractivity contribution in [3.63, 3.8) is 0 Å². The Balaban J connectivity index is 1.65. The van der Waals surface area contributed by atoms with E-state index in [4.69, 9.17) is 0 Å². The third-order valence-corrected chi connectivity index (χ3v) is 4.50. The van der Waals surface area contributed by atoms with Gasteiger partial charge in [0.1, 0.15) is 17.6 Å². The van der Waals surface area contributed by atoms with Crippen molar-refractivity contribution in [2.75, 3.05) is 18.4 Å². The Morgan fingerprint density at radius 3 is 3.08 bits per heavy atom. The molecule has 0 unspecified atom stereocenters. The van der Waals surface area contributed by atoms with Gasteiger partial charge >= 0.3 is 0 Å². The number of hydrogen-bond donors (Lipinski definition) is 3. The molecular formula is C18H20FN5O. The monoisotopic (exact) mass is 341 g/mol. The van der Waals surface area contributed by atoms with Crippen LogP contribution in [0.4, 0.5) is 10.2 Å². The molecule has 25 heavy (non-hydrogen) atoms. The topological polar surface area (TPSA) is 74.5 Å². The van der Waals surface area contributed by atoms with Crippen LogP contribution in [0.15, 0.2) is 42.7 Å². The molecule has 0 saturated carbocycles. The van der Waals surface area contributed by atoms with Crippen LogP contribution in [-0.2, 0) is 6.61 Å². The molecule has 0 radical (unpaired) electrons. The third-order valence-electron chi connectivity index (χ3n) is 4.50. The minimum Gasteiger partial charge on any atom is -0.392 e. The molecule has 2 atom stereocenters. The number of nitrogens with one attached hydrogen (secondary N) is 2. The first kappa shape index (κ1) is 16.0. The Kier molecular flexibility index (Phi) is 4.33. The molecule has 0 aliphatic carbocycles. The van der Waals surface area contributed by atoms with Gasteiger partial charge in [-0.15, -0.1) is 0 Å². The predicted molar refractivity (Wildman–Crippen MR) is 94.1 cm³/mol. The molecule has 0 aromatic carbocycles. The van der Waals surface area contributed by atoms with Crippen LogP contribution in [0, 0.1) is 0 Å².